The van der Waals surface area contributed by atoms with Gasteiger partial charge in [0.05, 0.1) is 11.7 Å². The molecule has 1 atom stereocenters. The van der Waals surface area contributed by atoms with Gasteiger partial charge >= 0.3 is 0 Å². The van der Waals surface area contributed by atoms with E-state index in [1.54, 1.807) is 12.4 Å². The third-order valence-corrected chi connectivity index (χ3v) is 3.25. The summed E-state index contributed by atoms with van der Waals surface area (Å²) in [5.41, 5.74) is 2.05. The number of rotatable bonds is 6. The first-order valence-corrected chi connectivity index (χ1v) is 6.89. The van der Waals surface area contributed by atoms with Crippen molar-refractivity contribution in [3.8, 4) is 0 Å². The summed E-state index contributed by atoms with van der Waals surface area (Å²) in [6.45, 7) is 6.57. The smallest absolute Gasteiger partial charge is 0.222 e. The summed E-state index contributed by atoms with van der Waals surface area (Å²) in [6, 6.07) is 1.95. The van der Waals surface area contributed by atoms with Gasteiger partial charge in [0.1, 0.15) is 5.82 Å². The molecule has 1 unspecified atom stereocenters. The molecule has 0 radical (unpaired) electrons. The van der Waals surface area contributed by atoms with Crippen LogP contribution in [0.1, 0.15) is 43.0 Å². The average Bonchev–Trinajstić information content (AvgIpc) is 3.03. The molecule has 0 aliphatic heterocycles. The number of nitrogens with one attached hydrogen (secondary N) is 2. The molecule has 6 heteroatoms. The Kier molecular flexibility index (Phi) is 4.55. The lowest BCUT2D eigenvalue weighted by molar-refractivity contribution is -0.122. The van der Waals surface area contributed by atoms with Gasteiger partial charge in [-0.2, -0.15) is 5.10 Å². The van der Waals surface area contributed by atoms with Crippen LogP contribution in [0.15, 0.2) is 18.5 Å². The van der Waals surface area contributed by atoms with Gasteiger partial charge in [0.25, 0.3) is 0 Å². The largest absolute Gasteiger partial charge is 0.347 e. The molecule has 1 amide bonds. The minimum atomic E-state index is -0.0574. The zero-order valence-electron chi connectivity index (χ0n) is 12.2. The Morgan fingerprint density at radius 2 is 2.30 bits per heavy atom. The zero-order chi connectivity index (χ0) is 14.5. The van der Waals surface area contributed by atoms with Crippen molar-refractivity contribution in [2.24, 2.45) is 0 Å². The third kappa shape index (κ3) is 3.46. The van der Waals surface area contributed by atoms with Crippen molar-refractivity contribution in [1.82, 2.24) is 25.1 Å². The molecule has 2 aromatic heterocycles. The zero-order valence-corrected chi connectivity index (χ0v) is 12.2. The van der Waals surface area contributed by atoms with E-state index in [2.05, 4.69) is 20.4 Å². The van der Waals surface area contributed by atoms with Crippen LogP contribution in [0.2, 0.25) is 0 Å². The molecule has 0 aromatic carbocycles. The van der Waals surface area contributed by atoms with E-state index in [-0.39, 0.29) is 11.9 Å². The van der Waals surface area contributed by atoms with E-state index in [1.807, 2.05) is 31.5 Å². The molecule has 0 fully saturated rings. The van der Waals surface area contributed by atoms with Crippen molar-refractivity contribution in [1.29, 1.82) is 0 Å². The lowest BCUT2D eigenvalue weighted by Crippen LogP contribution is -2.29. The maximum absolute atomic E-state index is 12.0. The molecule has 108 valence electrons. The summed E-state index contributed by atoms with van der Waals surface area (Å²) < 4.78 is 1.86. The number of amides is 1. The average molecular weight is 275 g/mol. The highest BCUT2D eigenvalue weighted by Gasteiger charge is 2.14. The highest BCUT2D eigenvalue weighted by atomic mass is 16.1. The molecule has 20 heavy (non-hydrogen) atoms. The minimum Gasteiger partial charge on any atom is -0.347 e. The number of H-pyrrole nitrogens is 1. The number of hydrogen-bond donors (Lipinski definition) is 2. The van der Waals surface area contributed by atoms with Crippen LogP contribution in [0, 0.1) is 13.8 Å². The molecular formula is C14H21N5O. The lowest BCUT2D eigenvalue weighted by Gasteiger charge is -2.14. The summed E-state index contributed by atoms with van der Waals surface area (Å²) in [5, 5.41) is 7.34. The first kappa shape index (κ1) is 14.3. The van der Waals surface area contributed by atoms with Crippen LogP contribution in [0.25, 0.3) is 0 Å². The number of hydrogen-bond acceptors (Lipinski definition) is 3. The standard InChI is InChI=1S/C14H21N5O/c1-4-12(14-15-6-7-16-14)17-13(20)5-8-19-11(3)9-10(2)18-19/h6-7,9,12H,4-5,8H2,1-3H3,(H,15,16)(H,17,20). The van der Waals surface area contributed by atoms with Gasteiger partial charge in [0.2, 0.25) is 5.91 Å². The first-order valence-electron chi connectivity index (χ1n) is 6.89. The van der Waals surface area contributed by atoms with E-state index in [9.17, 15) is 4.79 Å². The number of aromatic amines is 1. The van der Waals surface area contributed by atoms with Crippen LogP contribution in [0.3, 0.4) is 0 Å². The van der Waals surface area contributed by atoms with Gasteiger partial charge in [0, 0.05) is 31.1 Å². The molecule has 2 aromatic rings. The van der Waals surface area contributed by atoms with Gasteiger partial charge < -0.3 is 10.3 Å². The number of nitrogens with zero attached hydrogens (tertiary/aromatic N) is 3. The summed E-state index contributed by atoms with van der Waals surface area (Å²) >= 11 is 0. The molecule has 2 rings (SSSR count). The fourth-order valence-corrected chi connectivity index (χ4v) is 2.21. The van der Waals surface area contributed by atoms with Crippen molar-refractivity contribution in [2.45, 2.75) is 46.2 Å². The number of carbonyl (C=O) groups is 1. The van der Waals surface area contributed by atoms with Gasteiger partial charge in [-0.15, -0.1) is 0 Å². The highest BCUT2D eigenvalue weighted by molar-refractivity contribution is 5.76. The highest BCUT2D eigenvalue weighted by Crippen LogP contribution is 2.11. The summed E-state index contributed by atoms with van der Waals surface area (Å²) in [6.07, 6.45) is 4.68. The maximum atomic E-state index is 12.0. The van der Waals surface area contributed by atoms with Crippen molar-refractivity contribution < 1.29 is 4.79 Å². The second-order valence-corrected chi connectivity index (χ2v) is 4.90. The number of aryl methyl sites for hydroxylation is 3. The Morgan fingerprint density at radius 3 is 2.85 bits per heavy atom. The predicted octanol–water partition coefficient (Wildman–Crippen LogP) is 1.88. The van der Waals surface area contributed by atoms with Crippen LogP contribution in [-0.2, 0) is 11.3 Å². The van der Waals surface area contributed by atoms with E-state index in [4.69, 9.17) is 0 Å². The number of imidazole rings is 1. The molecule has 0 aliphatic rings. The quantitative estimate of drug-likeness (QED) is 0.845. The summed E-state index contributed by atoms with van der Waals surface area (Å²) in [4.78, 5) is 19.2. The van der Waals surface area contributed by atoms with Crippen molar-refractivity contribution >= 4 is 5.91 Å². The molecule has 2 N–H and O–H groups in total. The van der Waals surface area contributed by atoms with Crippen LogP contribution < -0.4 is 5.32 Å². The summed E-state index contributed by atoms with van der Waals surface area (Å²) in [7, 11) is 0. The Balaban J connectivity index is 1.87. The van der Waals surface area contributed by atoms with Crippen molar-refractivity contribution in [3.63, 3.8) is 0 Å². The third-order valence-electron chi connectivity index (χ3n) is 3.25. The van der Waals surface area contributed by atoms with Crippen molar-refractivity contribution in [3.05, 3.63) is 35.7 Å². The minimum absolute atomic E-state index is 0.0146. The van der Waals surface area contributed by atoms with Crippen LogP contribution in [-0.4, -0.2) is 25.7 Å². The number of aromatic nitrogens is 4. The van der Waals surface area contributed by atoms with E-state index in [0.29, 0.717) is 13.0 Å². The van der Waals surface area contributed by atoms with E-state index in [0.717, 1.165) is 23.6 Å². The van der Waals surface area contributed by atoms with Crippen LogP contribution in [0.5, 0.6) is 0 Å². The SMILES string of the molecule is CCC(NC(=O)CCn1nc(C)cc1C)c1ncc[nH]1. The van der Waals surface area contributed by atoms with Gasteiger partial charge in [0.15, 0.2) is 0 Å². The van der Waals surface area contributed by atoms with Gasteiger partial charge in [-0.3, -0.25) is 9.48 Å². The van der Waals surface area contributed by atoms with Gasteiger partial charge in [-0.25, -0.2) is 4.98 Å². The molecule has 0 spiro atoms. The Morgan fingerprint density at radius 1 is 1.50 bits per heavy atom. The Labute approximate surface area is 118 Å². The van der Waals surface area contributed by atoms with E-state index >= 15 is 0 Å². The second-order valence-electron chi connectivity index (χ2n) is 4.90. The van der Waals surface area contributed by atoms with Gasteiger partial charge in [-0.05, 0) is 26.3 Å². The van der Waals surface area contributed by atoms with Gasteiger partial charge in [-0.1, -0.05) is 6.92 Å². The number of carbonyl (C=O) groups excluding carboxylic acids is 1. The van der Waals surface area contributed by atoms with E-state index < -0.39 is 0 Å². The lowest BCUT2D eigenvalue weighted by atomic mass is 10.2. The monoisotopic (exact) mass is 275 g/mol. The molecule has 0 saturated heterocycles. The fraction of sp³-hybridized carbons (Fsp3) is 0.500. The Bertz CT molecular complexity index is 558. The first-order chi connectivity index (χ1) is 9.60. The maximum Gasteiger partial charge on any atom is 0.222 e. The normalized spacial score (nSPS) is 12.3. The van der Waals surface area contributed by atoms with Crippen LogP contribution >= 0.6 is 0 Å². The second kappa shape index (κ2) is 6.36. The Hall–Kier alpha value is -2.11. The van der Waals surface area contributed by atoms with Crippen molar-refractivity contribution in [2.75, 3.05) is 0 Å². The molecule has 0 bridgehead atoms. The summed E-state index contributed by atoms with van der Waals surface area (Å²) in [5.74, 6) is 0.813. The molecular weight excluding hydrogens is 254 g/mol. The fourth-order valence-electron chi connectivity index (χ4n) is 2.21. The molecule has 6 nitrogen and oxygen atoms in total. The predicted molar refractivity (Wildman–Crippen MR) is 76.1 cm³/mol. The molecule has 0 aliphatic carbocycles. The van der Waals surface area contributed by atoms with E-state index in [1.165, 1.54) is 0 Å². The topological polar surface area (TPSA) is 75.6 Å². The molecule has 0 saturated carbocycles. The molecule has 2 heterocycles. The van der Waals surface area contributed by atoms with Crippen LogP contribution in [0.4, 0.5) is 0 Å².